The Kier molecular flexibility index (Phi) is 6.96. The van der Waals surface area contributed by atoms with Gasteiger partial charge < -0.3 is 4.57 Å². The van der Waals surface area contributed by atoms with Crippen LogP contribution in [0.1, 0.15) is 24.5 Å². The minimum absolute atomic E-state index is 0.165. The number of allylic oxidation sites excluding steroid dienone is 4. The summed E-state index contributed by atoms with van der Waals surface area (Å²) in [4.78, 5) is 10.6. The van der Waals surface area contributed by atoms with Gasteiger partial charge in [0.15, 0.2) is 5.82 Å². The van der Waals surface area contributed by atoms with E-state index in [-0.39, 0.29) is 5.92 Å². The molecular formula is C22H21ClN4S2. The number of imidazole rings is 1. The maximum Gasteiger partial charge on any atom is 0.160 e. The lowest BCUT2D eigenvalue weighted by molar-refractivity contribution is 0.828. The average Bonchev–Trinajstić information content (AvgIpc) is 3.28. The minimum Gasteiger partial charge on any atom is -0.320 e. The van der Waals surface area contributed by atoms with Crippen LogP contribution in [-0.2, 0) is 7.05 Å². The van der Waals surface area contributed by atoms with Crippen LogP contribution >= 0.6 is 34.7 Å². The lowest BCUT2D eigenvalue weighted by Crippen LogP contribution is -1.95. The monoisotopic (exact) mass is 440 g/mol. The van der Waals surface area contributed by atoms with Gasteiger partial charge in [0.2, 0.25) is 0 Å². The van der Waals surface area contributed by atoms with Crippen molar-refractivity contribution >= 4 is 40.3 Å². The first-order valence-corrected chi connectivity index (χ1v) is 11.2. The molecule has 4 nitrogen and oxygen atoms in total. The lowest BCUT2D eigenvalue weighted by Gasteiger charge is -2.08. The second kappa shape index (κ2) is 9.45. The zero-order valence-corrected chi connectivity index (χ0v) is 19.1. The van der Waals surface area contributed by atoms with Crippen LogP contribution in [0.2, 0.25) is 5.02 Å². The van der Waals surface area contributed by atoms with E-state index in [1.165, 1.54) is 0 Å². The Morgan fingerprint density at radius 2 is 2.03 bits per heavy atom. The molecule has 2 heterocycles. The van der Waals surface area contributed by atoms with E-state index in [4.69, 9.17) is 21.8 Å². The summed E-state index contributed by atoms with van der Waals surface area (Å²) in [5.41, 5.74) is 2.71. The van der Waals surface area contributed by atoms with Gasteiger partial charge >= 0.3 is 0 Å². The maximum absolute atomic E-state index is 9.10. The number of hydrogen-bond acceptors (Lipinski definition) is 5. The van der Waals surface area contributed by atoms with Crippen molar-refractivity contribution in [1.82, 2.24) is 14.5 Å². The molecule has 148 valence electrons. The smallest absolute Gasteiger partial charge is 0.160 e. The van der Waals surface area contributed by atoms with Gasteiger partial charge in [-0.3, -0.25) is 0 Å². The Balaban J connectivity index is 2.10. The van der Waals surface area contributed by atoms with Gasteiger partial charge in [-0.1, -0.05) is 41.6 Å². The fraction of sp³-hybridized carbons (Fsp3) is 0.227. The van der Waals surface area contributed by atoms with E-state index in [2.05, 4.69) is 15.6 Å². The zero-order chi connectivity index (χ0) is 21.0. The second-order valence-electron chi connectivity index (χ2n) is 6.48. The molecule has 7 heteroatoms. The van der Waals surface area contributed by atoms with Crippen molar-refractivity contribution in [2.24, 2.45) is 13.0 Å². The van der Waals surface area contributed by atoms with E-state index in [1.54, 1.807) is 23.1 Å². The van der Waals surface area contributed by atoms with Gasteiger partial charge in [0.1, 0.15) is 16.4 Å². The van der Waals surface area contributed by atoms with Crippen molar-refractivity contribution in [3.05, 3.63) is 63.6 Å². The largest absolute Gasteiger partial charge is 0.320 e. The van der Waals surface area contributed by atoms with Crippen LogP contribution in [0.15, 0.2) is 57.8 Å². The van der Waals surface area contributed by atoms with Crippen LogP contribution in [0.4, 0.5) is 0 Å². The molecule has 0 aliphatic carbocycles. The SMILES string of the molecule is C/C=C(\C=C/C(C)C#N)c1nc(-c2csc(C)n2)n(C)c1Sc1ccc(Cl)cc1. The highest BCUT2D eigenvalue weighted by Gasteiger charge is 2.20. The van der Waals surface area contributed by atoms with Crippen molar-refractivity contribution in [2.75, 3.05) is 0 Å². The van der Waals surface area contributed by atoms with Crippen LogP contribution in [-0.4, -0.2) is 14.5 Å². The quantitative estimate of drug-likeness (QED) is 0.396. The summed E-state index contributed by atoms with van der Waals surface area (Å²) in [5.74, 6) is 0.656. The van der Waals surface area contributed by atoms with Crippen molar-refractivity contribution in [2.45, 2.75) is 30.7 Å². The number of hydrogen-bond donors (Lipinski definition) is 0. The maximum atomic E-state index is 9.10. The molecule has 2 aromatic heterocycles. The molecule has 1 atom stereocenters. The highest BCUT2D eigenvalue weighted by atomic mass is 35.5. The third kappa shape index (κ3) is 4.99. The Morgan fingerprint density at radius 3 is 2.62 bits per heavy atom. The molecule has 0 aliphatic heterocycles. The second-order valence-corrected chi connectivity index (χ2v) is 9.04. The Labute approximate surface area is 184 Å². The summed E-state index contributed by atoms with van der Waals surface area (Å²) in [6, 6.07) is 10.0. The van der Waals surface area contributed by atoms with Crippen LogP contribution in [0, 0.1) is 24.2 Å². The van der Waals surface area contributed by atoms with E-state index >= 15 is 0 Å². The van der Waals surface area contributed by atoms with Gasteiger partial charge in [-0.25, -0.2) is 9.97 Å². The number of nitriles is 1. The van der Waals surface area contributed by atoms with E-state index < -0.39 is 0 Å². The minimum atomic E-state index is -0.165. The predicted molar refractivity (Wildman–Crippen MR) is 122 cm³/mol. The molecule has 29 heavy (non-hydrogen) atoms. The summed E-state index contributed by atoms with van der Waals surface area (Å²) in [6.45, 7) is 5.84. The van der Waals surface area contributed by atoms with Crippen molar-refractivity contribution in [1.29, 1.82) is 5.26 Å². The van der Waals surface area contributed by atoms with E-state index in [0.717, 1.165) is 37.7 Å². The van der Waals surface area contributed by atoms with Crippen molar-refractivity contribution in [3.63, 3.8) is 0 Å². The van der Waals surface area contributed by atoms with Gasteiger partial charge in [0.05, 0.1) is 17.0 Å². The fourth-order valence-electron chi connectivity index (χ4n) is 2.70. The first-order valence-electron chi connectivity index (χ1n) is 9.10. The molecule has 0 amide bonds. The number of rotatable bonds is 6. The molecule has 3 aromatic rings. The normalized spacial score (nSPS) is 13.0. The summed E-state index contributed by atoms with van der Waals surface area (Å²) in [6.07, 6.45) is 5.89. The van der Waals surface area contributed by atoms with E-state index in [0.29, 0.717) is 5.02 Å². The van der Waals surface area contributed by atoms with Crippen LogP contribution in [0.25, 0.3) is 17.1 Å². The topological polar surface area (TPSA) is 54.5 Å². The standard InChI is InChI=1S/C22H21ClN4S2/c1-5-16(7-6-14(2)12-24)20-22(29-18-10-8-17(23)9-11-18)27(4)21(26-20)19-13-28-15(3)25-19/h5-11,13-14H,1-4H3/b7-6-,16-5+. The average molecular weight is 441 g/mol. The van der Waals surface area contributed by atoms with Crippen molar-refractivity contribution in [3.8, 4) is 17.6 Å². The van der Waals surface area contributed by atoms with Gasteiger partial charge in [-0.2, -0.15) is 5.26 Å². The summed E-state index contributed by atoms with van der Waals surface area (Å²) in [7, 11) is 2.01. The molecule has 0 aliphatic rings. The number of aromatic nitrogens is 3. The first kappa shape index (κ1) is 21.4. The van der Waals surface area contributed by atoms with E-state index in [1.807, 2.05) is 75.7 Å². The molecule has 1 aromatic carbocycles. The van der Waals surface area contributed by atoms with Gasteiger partial charge in [-0.15, -0.1) is 11.3 Å². The Morgan fingerprint density at radius 1 is 1.31 bits per heavy atom. The molecule has 0 N–H and O–H groups in total. The van der Waals surface area contributed by atoms with Gasteiger partial charge in [-0.05, 0) is 50.6 Å². The predicted octanol–water partition coefficient (Wildman–Crippen LogP) is 6.78. The van der Waals surface area contributed by atoms with E-state index in [9.17, 15) is 0 Å². The Bertz CT molecular complexity index is 1100. The van der Waals surface area contributed by atoms with Crippen LogP contribution < -0.4 is 0 Å². The molecular weight excluding hydrogens is 420 g/mol. The van der Waals surface area contributed by atoms with Crippen LogP contribution in [0.5, 0.6) is 0 Å². The molecule has 0 saturated heterocycles. The molecule has 0 radical (unpaired) electrons. The molecule has 0 saturated carbocycles. The highest BCUT2D eigenvalue weighted by molar-refractivity contribution is 7.99. The number of halogens is 1. The first-order chi connectivity index (χ1) is 13.9. The number of aryl methyl sites for hydroxylation is 1. The molecule has 0 fully saturated rings. The number of benzene rings is 1. The molecule has 1 unspecified atom stereocenters. The number of nitrogens with zero attached hydrogens (tertiary/aromatic N) is 4. The van der Waals surface area contributed by atoms with Gasteiger partial charge in [0.25, 0.3) is 0 Å². The number of thiazole rings is 1. The molecule has 3 rings (SSSR count). The van der Waals surface area contributed by atoms with Gasteiger partial charge in [0, 0.05) is 22.3 Å². The zero-order valence-electron chi connectivity index (χ0n) is 16.7. The van der Waals surface area contributed by atoms with Crippen LogP contribution in [0.3, 0.4) is 0 Å². The third-order valence-electron chi connectivity index (χ3n) is 4.27. The Hall–Kier alpha value is -2.33. The third-order valence-corrected chi connectivity index (χ3v) is 6.47. The summed E-state index contributed by atoms with van der Waals surface area (Å²) >= 11 is 9.29. The lowest BCUT2D eigenvalue weighted by atomic mass is 10.1. The molecule has 0 spiro atoms. The molecule has 0 bridgehead atoms. The highest BCUT2D eigenvalue weighted by Crippen LogP contribution is 2.37. The summed E-state index contributed by atoms with van der Waals surface area (Å²) < 4.78 is 2.08. The fourth-order valence-corrected chi connectivity index (χ4v) is 4.40. The van der Waals surface area contributed by atoms with Crippen molar-refractivity contribution < 1.29 is 0 Å². The summed E-state index contributed by atoms with van der Waals surface area (Å²) in [5, 5.41) is 13.9.